The molecule has 0 aliphatic carbocycles. The lowest BCUT2D eigenvalue weighted by molar-refractivity contribution is -0.110. The summed E-state index contributed by atoms with van der Waals surface area (Å²) < 4.78 is 0. The van der Waals surface area contributed by atoms with Crippen molar-refractivity contribution in [1.82, 2.24) is 4.90 Å². The van der Waals surface area contributed by atoms with Crippen molar-refractivity contribution in [3.8, 4) is 0 Å². The molecule has 0 saturated carbocycles. The first-order chi connectivity index (χ1) is 8.15. The van der Waals surface area contributed by atoms with Crippen LogP contribution in [0.5, 0.6) is 0 Å². The van der Waals surface area contributed by atoms with Gasteiger partial charge in [0.15, 0.2) is 0 Å². The van der Waals surface area contributed by atoms with Gasteiger partial charge in [-0.3, -0.25) is 4.79 Å². The third-order valence-electron chi connectivity index (χ3n) is 2.89. The summed E-state index contributed by atoms with van der Waals surface area (Å²) in [4.78, 5) is 13.9. The van der Waals surface area contributed by atoms with Crippen LogP contribution in [-0.4, -0.2) is 23.9 Å². The highest BCUT2D eigenvalue weighted by Crippen LogP contribution is 2.33. The first-order valence-corrected chi connectivity index (χ1v) is 6.10. The number of anilines is 1. The first kappa shape index (κ1) is 12.0. The zero-order chi connectivity index (χ0) is 12.4. The van der Waals surface area contributed by atoms with Gasteiger partial charge in [-0.15, -0.1) is 0 Å². The molecule has 0 spiro atoms. The Bertz CT molecular complexity index is 478. The van der Waals surface area contributed by atoms with E-state index in [1.165, 1.54) is 0 Å². The Hall–Kier alpha value is -1.48. The van der Waals surface area contributed by atoms with Crippen molar-refractivity contribution < 1.29 is 4.79 Å². The molecule has 0 fully saturated rings. The maximum Gasteiger partial charge on any atom is 0.257 e. The van der Waals surface area contributed by atoms with Gasteiger partial charge in [0, 0.05) is 35.6 Å². The molecule has 1 aromatic rings. The van der Waals surface area contributed by atoms with Crippen LogP contribution in [0.25, 0.3) is 5.57 Å². The standard InChI is InChI=1S/C13H15ClN2O/c1-3-16(4-2)8-11-10-7-9(14)5-6-12(10)15-13(11)17/h5-8H,3-4H2,1-2H3,(H,15,17)/b11-8+. The summed E-state index contributed by atoms with van der Waals surface area (Å²) in [6.45, 7) is 5.88. The van der Waals surface area contributed by atoms with Gasteiger partial charge in [-0.1, -0.05) is 11.6 Å². The van der Waals surface area contributed by atoms with E-state index in [2.05, 4.69) is 24.1 Å². The zero-order valence-corrected chi connectivity index (χ0v) is 10.7. The van der Waals surface area contributed by atoms with Crippen molar-refractivity contribution >= 4 is 28.8 Å². The van der Waals surface area contributed by atoms with E-state index in [-0.39, 0.29) is 5.91 Å². The van der Waals surface area contributed by atoms with Gasteiger partial charge in [0.2, 0.25) is 0 Å². The van der Waals surface area contributed by atoms with Crippen LogP contribution in [0.15, 0.2) is 24.4 Å². The number of halogens is 1. The van der Waals surface area contributed by atoms with E-state index < -0.39 is 0 Å². The Labute approximate surface area is 106 Å². The highest BCUT2D eigenvalue weighted by molar-refractivity contribution is 6.34. The number of nitrogens with zero attached hydrogens (tertiary/aromatic N) is 1. The van der Waals surface area contributed by atoms with Crippen LogP contribution in [0.4, 0.5) is 5.69 Å². The monoisotopic (exact) mass is 250 g/mol. The molecule has 1 amide bonds. The third-order valence-corrected chi connectivity index (χ3v) is 3.12. The topological polar surface area (TPSA) is 32.3 Å². The van der Waals surface area contributed by atoms with E-state index in [9.17, 15) is 4.79 Å². The van der Waals surface area contributed by atoms with Crippen LogP contribution in [0.3, 0.4) is 0 Å². The minimum absolute atomic E-state index is 0.0610. The first-order valence-electron chi connectivity index (χ1n) is 5.72. The Morgan fingerprint density at radius 2 is 2.06 bits per heavy atom. The lowest BCUT2D eigenvalue weighted by atomic mass is 10.1. The van der Waals surface area contributed by atoms with Crippen LogP contribution in [0.2, 0.25) is 5.02 Å². The van der Waals surface area contributed by atoms with Crippen molar-refractivity contribution in [2.45, 2.75) is 13.8 Å². The van der Waals surface area contributed by atoms with Crippen molar-refractivity contribution in [2.75, 3.05) is 18.4 Å². The molecule has 17 heavy (non-hydrogen) atoms. The molecule has 1 aromatic carbocycles. The van der Waals surface area contributed by atoms with E-state index in [0.29, 0.717) is 10.6 Å². The Morgan fingerprint density at radius 1 is 1.35 bits per heavy atom. The van der Waals surface area contributed by atoms with E-state index in [4.69, 9.17) is 11.6 Å². The van der Waals surface area contributed by atoms with Gasteiger partial charge >= 0.3 is 0 Å². The molecule has 90 valence electrons. The summed E-state index contributed by atoms with van der Waals surface area (Å²) in [7, 11) is 0. The summed E-state index contributed by atoms with van der Waals surface area (Å²) in [6.07, 6.45) is 1.90. The number of fused-ring (bicyclic) bond motifs is 1. The zero-order valence-electron chi connectivity index (χ0n) is 9.96. The fourth-order valence-corrected chi connectivity index (χ4v) is 2.05. The van der Waals surface area contributed by atoms with Crippen molar-refractivity contribution in [1.29, 1.82) is 0 Å². The Morgan fingerprint density at radius 3 is 2.71 bits per heavy atom. The molecular weight excluding hydrogens is 236 g/mol. The van der Waals surface area contributed by atoms with Gasteiger partial charge in [-0.25, -0.2) is 0 Å². The fraction of sp³-hybridized carbons (Fsp3) is 0.308. The average molecular weight is 251 g/mol. The lowest BCUT2D eigenvalue weighted by Crippen LogP contribution is -2.17. The predicted molar refractivity (Wildman–Crippen MR) is 71.0 cm³/mol. The van der Waals surface area contributed by atoms with E-state index >= 15 is 0 Å². The van der Waals surface area contributed by atoms with Gasteiger partial charge in [-0.05, 0) is 32.0 Å². The van der Waals surface area contributed by atoms with Gasteiger partial charge in [0.1, 0.15) is 0 Å². The summed E-state index contributed by atoms with van der Waals surface area (Å²) in [5.41, 5.74) is 2.40. The maximum atomic E-state index is 11.9. The molecule has 3 nitrogen and oxygen atoms in total. The number of benzene rings is 1. The molecule has 0 bridgehead atoms. The molecule has 0 atom stereocenters. The normalized spacial score (nSPS) is 15.9. The summed E-state index contributed by atoms with van der Waals surface area (Å²) in [5, 5.41) is 3.48. The van der Waals surface area contributed by atoms with Crippen molar-refractivity contribution in [2.24, 2.45) is 0 Å². The Kier molecular flexibility index (Phi) is 3.38. The second kappa shape index (κ2) is 4.80. The lowest BCUT2D eigenvalue weighted by Gasteiger charge is -2.16. The second-order valence-electron chi connectivity index (χ2n) is 3.91. The number of hydrogen-bond donors (Lipinski definition) is 1. The molecular formula is C13H15ClN2O. The predicted octanol–water partition coefficient (Wildman–Crippen LogP) is 2.97. The Balaban J connectivity index is 2.43. The van der Waals surface area contributed by atoms with Crippen molar-refractivity contribution in [3.05, 3.63) is 35.0 Å². The van der Waals surface area contributed by atoms with Gasteiger partial charge in [0.25, 0.3) is 5.91 Å². The molecule has 1 N–H and O–H groups in total. The molecule has 0 aromatic heterocycles. The number of rotatable bonds is 3. The van der Waals surface area contributed by atoms with Gasteiger partial charge < -0.3 is 10.2 Å². The number of nitrogens with one attached hydrogen (secondary N) is 1. The second-order valence-corrected chi connectivity index (χ2v) is 4.34. The molecule has 4 heteroatoms. The van der Waals surface area contributed by atoms with E-state index in [1.54, 1.807) is 6.07 Å². The van der Waals surface area contributed by atoms with Crippen LogP contribution in [0.1, 0.15) is 19.4 Å². The number of carbonyl (C=O) groups excluding carboxylic acids is 1. The van der Waals surface area contributed by atoms with E-state index in [1.807, 2.05) is 18.3 Å². The van der Waals surface area contributed by atoms with Gasteiger partial charge in [0.05, 0.1) is 5.57 Å². The summed E-state index contributed by atoms with van der Waals surface area (Å²) in [6, 6.07) is 5.43. The molecule has 0 radical (unpaired) electrons. The SMILES string of the molecule is CCN(/C=C1/C(=O)Nc2ccc(Cl)cc21)CC. The highest BCUT2D eigenvalue weighted by atomic mass is 35.5. The van der Waals surface area contributed by atoms with E-state index in [0.717, 1.165) is 24.3 Å². The number of carbonyl (C=O) groups is 1. The highest BCUT2D eigenvalue weighted by Gasteiger charge is 2.24. The summed E-state index contributed by atoms with van der Waals surface area (Å²) in [5.74, 6) is -0.0610. The quantitative estimate of drug-likeness (QED) is 0.837. The van der Waals surface area contributed by atoms with Crippen molar-refractivity contribution in [3.63, 3.8) is 0 Å². The molecule has 2 rings (SSSR count). The smallest absolute Gasteiger partial charge is 0.257 e. The third kappa shape index (κ3) is 2.29. The molecule has 1 aliphatic rings. The number of amides is 1. The number of hydrogen-bond acceptors (Lipinski definition) is 2. The largest absolute Gasteiger partial charge is 0.377 e. The summed E-state index contributed by atoms with van der Waals surface area (Å²) >= 11 is 5.96. The maximum absolute atomic E-state index is 11.9. The average Bonchev–Trinajstić information content (AvgIpc) is 2.62. The molecule has 1 aliphatic heterocycles. The minimum atomic E-state index is -0.0610. The van der Waals surface area contributed by atoms with Crippen LogP contribution >= 0.6 is 11.6 Å². The van der Waals surface area contributed by atoms with Crippen LogP contribution in [-0.2, 0) is 4.79 Å². The molecule has 0 saturated heterocycles. The van der Waals surface area contributed by atoms with Crippen LogP contribution in [0, 0.1) is 0 Å². The minimum Gasteiger partial charge on any atom is -0.377 e. The fourth-order valence-electron chi connectivity index (χ4n) is 1.88. The van der Waals surface area contributed by atoms with Gasteiger partial charge in [-0.2, -0.15) is 0 Å². The molecule has 1 heterocycles. The molecule has 0 unspecified atom stereocenters. The van der Waals surface area contributed by atoms with Crippen LogP contribution < -0.4 is 5.32 Å².